The van der Waals surface area contributed by atoms with Crippen LogP contribution in [0.4, 0.5) is 0 Å². The standard InChI is InChI=1S/C36H54O9SSi/c1-8-47(9-2,10-3)45-32-27(6)35-17-15-26(5)34(7,33(35)36(19-18-35)41-21-22-42-36)30(23-28(32)16-20-37)44-31(38)24-43-46(39,40)29-13-11-25(4)12-14-29/h11-14,16,20,26-27,30,32-33H,8-10,15,17-19,21-24H2,1-7H3/b28-16-/t26-,27+,30+,32+,33+,34+,35+/m1/s1. The molecular formula is C36H54O9SSi. The molecule has 4 fully saturated rings. The number of carbonyl (C=O) groups is 2. The molecule has 11 heteroatoms. The summed E-state index contributed by atoms with van der Waals surface area (Å²) in [6.07, 6.45) is 5.19. The molecule has 0 radical (unpaired) electrons. The summed E-state index contributed by atoms with van der Waals surface area (Å²) in [5.41, 5.74) is 0.883. The van der Waals surface area contributed by atoms with Gasteiger partial charge in [0.05, 0.1) is 24.2 Å². The van der Waals surface area contributed by atoms with Crippen LogP contribution in [-0.2, 0) is 42.5 Å². The van der Waals surface area contributed by atoms with E-state index >= 15 is 0 Å². The molecule has 3 saturated carbocycles. The minimum Gasteiger partial charge on any atom is -0.460 e. The average molecular weight is 691 g/mol. The molecule has 2 bridgehead atoms. The summed E-state index contributed by atoms with van der Waals surface area (Å²) in [5, 5.41) is 0. The lowest BCUT2D eigenvalue weighted by Gasteiger charge is -2.63. The van der Waals surface area contributed by atoms with Crippen molar-refractivity contribution < 1.29 is 40.8 Å². The highest BCUT2D eigenvalue weighted by Crippen LogP contribution is 2.72. The normalized spacial score (nSPS) is 34.5. The third kappa shape index (κ3) is 6.33. The van der Waals surface area contributed by atoms with Crippen LogP contribution in [0.25, 0.3) is 0 Å². The Morgan fingerprint density at radius 2 is 1.66 bits per heavy atom. The van der Waals surface area contributed by atoms with Crippen LogP contribution in [0.2, 0.25) is 18.1 Å². The number of ether oxygens (including phenoxy) is 3. The molecule has 1 aromatic rings. The molecule has 1 spiro atoms. The number of hydrogen-bond acceptors (Lipinski definition) is 9. The van der Waals surface area contributed by atoms with Gasteiger partial charge < -0.3 is 18.6 Å². The first kappa shape index (κ1) is 36.4. The van der Waals surface area contributed by atoms with Gasteiger partial charge in [0.15, 0.2) is 20.7 Å². The lowest BCUT2D eigenvalue weighted by atomic mass is 9.45. The summed E-state index contributed by atoms with van der Waals surface area (Å²) < 4.78 is 58.0. The molecule has 0 aromatic heterocycles. The lowest BCUT2D eigenvalue weighted by molar-refractivity contribution is -0.273. The van der Waals surface area contributed by atoms with Crippen molar-refractivity contribution in [3.63, 3.8) is 0 Å². The van der Waals surface area contributed by atoms with Gasteiger partial charge in [-0.25, -0.2) is 4.79 Å². The largest absolute Gasteiger partial charge is 0.460 e. The minimum absolute atomic E-state index is 0.0245. The summed E-state index contributed by atoms with van der Waals surface area (Å²) in [6.45, 7) is 15.4. The van der Waals surface area contributed by atoms with Crippen molar-refractivity contribution >= 4 is 30.7 Å². The van der Waals surface area contributed by atoms with Gasteiger partial charge in [-0.2, -0.15) is 8.42 Å². The predicted octanol–water partition coefficient (Wildman–Crippen LogP) is 6.74. The van der Waals surface area contributed by atoms with Crippen molar-refractivity contribution in [2.75, 3.05) is 19.8 Å². The van der Waals surface area contributed by atoms with Crippen LogP contribution in [0, 0.1) is 35.5 Å². The summed E-state index contributed by atoms with van der Waals surface area (Å²) in [4.78, 5) is 25.9. The molecule has 3 aliphatic carbocycles. The maximum Gasteiger partial charge on any atom is 0.333 e. The number of rotatable bonds is 11. The third-order valence-corrected chi connectivity index (χ3v) is 18.7. The number of carbonyl (C=O) groups excluding carboxylic acids is 2. The van der Waals surface area contributed by atoms with Crippen LogP contribution < -0.4 is 0 Å². The summed E-state index contributed by atoms with van der Waals surface area (Å²) in [5.74, 6) is -1.50. The number of allylic oxidation sites excluding steroid dienone is 1. The van der Waals surface area contributed by atoms with Crippen LogP contribution in [0.5, 0.6) is 0 Å². The molecule has 5 rings (SSSR count). The van der Waals surface area contributed by atoms with Gasteiger partial charge in [-0.3, -0.25) is 8.98 Å². The summed E-state index contributed by atoms with van der Waals surface area (Å²) in [7, 11) is -6.33. The molecule has 1 heterocycles. The Hall–Kier alpha value is -1.89. The monoisotopic (exact) mass is 690 g/mol. The molecule has 4 aliphatic rings. The zero-order valence-corrected chi connectivity index (χ0v) is 31.0. The van der Waals surface area contributed by atoms with Gasteiger partial charge in [0.2, 0.25) is 0 Å². The highest BCUT2D eigenvalue weighted by molar-refractivity contribution is 7.86. The molecular weight excluding hydrogens is 637 g/mol. The van der Waals surface area contributed by atoms with Crippen molar-refractivity contribution in [2.45, 2.75) is 122 Å². The van der Waals surface area contributed by atoms with Gasteiger partial charge in [-0.15, -0.1) is 0 Å². The van der Waals surface area contributed by atoms with Gasteiger partial charge in [-0.05, 0) is 85.4 Å². The Morgan fingerprint density at radius 3 is 2.26 bits per heavy atom. The molecule has 0 amide bonds. The van der Waals surface area contributed by atoms with Crippen LogP contribution in [0.1, 0.15) is 79.2 Å². The summed E-state index contributed by atoms with van der Waals surface area (Å²) in [6, 6.07) is 9.16. The van der Waals surface area contributed by atoms with E-state index in [1.165, 1.54) is 12.1 Å². The highest BCUT2D eigenvalue weighted by atomic mass is 32.2. The molecule has 262 valence electrons. The molecule has 1 aromatic carbocycles. The van der Waals surface area contributed by atoms with E-state index in [4.69, 9.17) is 22.8 Å². The van der Waals surface area contributed by atoms with Crippen molar-refractivity contribution in [1.82, 2.24) is 0 Å². The zero-order chi connectivity index (χ0) is 34.3. The van der Waals surface area contributed by atoms with Crippen molar-refractivity contribution in [3.05, 3.63) is 41.5 Å². The fraction of sp³-hybridized carbons (Fsp3) is 0.722. The predicted molar refractivity (Wildman–Crippen MR) is 180 cm³/mol. The highest BCUT2D eigenvalue weighted by Gasteiger charge is 2.73. The van der Waals surface area contributed by atoms with Crippen molar-refractivity contribution in [3.8, 4) is 0 Å². The number of benzene rings is 1. The van der Waals surface area contributed by atoms with E-state index in [0.717, 1.165) is 61.2 Å². The van der Waals surface area contributed by atoms with E-state index in [0.29, 0.717) is 13.2 Å². The molecule has 7 atom stereocenters. The molecule has 47 heavy (non-hydrogen) atoms. The van der Waals surface area contributed by atoms with E-state index in [1.807, 2.05) is 6.92 Å². The topological polar surface area (TPSA) is 114 Å². The van der Waals surface area contributed by atoms with Gasteiger partial charge >= 0.3 is 5.97 Å². The van der Waals surface area contributed by atoms with Crippen LogP contribution in [0.3, 0.4) is 0 Å². The third-order valence-electron chi connectivity index (χ3n) is 12.8. The molecule has 0 N–H and O–H groups in total. The Labute approximate surface area is 282 Å². The number of esters is 1. The van der Waals surface area contributed by atoms with E-state index < -0.39 is 48.3 Å². The number of aldehydes is 1. The van der Waals surface area contributed by atoms with E-state index in [-0.39, 0.29) is 40.6 Å². The smallest absolute Gasteiger partial charge is 0.333 e. The maximum atomic E-state index is 13.6. The average Bonchev–Trinajstić information content (AvgIpc) is 3.67. The van der Waals surface area contributed by atoms with Crippen LogP contribution >= 0.6 is 0 Å². The Morgan fingerprint density at radius 1 is 1.02 bits per heavy atom. The first-order chi connectivity index (χ1) is 22.3. The molecule has 9 nitrogen and oxygen atoms in total. The molecule has 1 aliphatic heterocycles. The van der Waals surface area contributed by atoms with Gasteiger partial charge in [0.25, 0.3) is 10.1 Å². The number of aryl methyl sites for hydroxylation is 1. The molecule has 1 saturated heterocycles. The van der Waals surface area contributed by atoms with E-state index in [1.54, 1.807) is 18.2 Å². The van der Waals surface area contributed by atoms with E-state index in [9.17, 15) is 18.0 Å². The Bertz CT molecular complexity index is 1420. The van der Waals surface area contributed by atoms with Crippen LogP contribution in [-0.4, -0.2) is 66.8 Å². The Kier molecular flexibility index (Phi) is 10.7. The quantitative estimate of drug-likeness (QED) is 0.0819. The lowest BCUT2D eigenvalue weighted by Crippen LogP contribution is -2.65. The second-order valence-corrected chi connectivity index (χ2v) is 21.0. The zero-order valence-electron chi connectivity index (χ0n) is 29.2. The van der Waals surface area contributed by atoms with E-state index in [2.05, 4.69) is 41.5 Å². The van der Waals surface area contributed by atoms with Crippen molar-refractivity contribution in [1.29, 1.82) is 0 Å². The Balaban J connectivity index is 1.57. The first-order valence-corrected chi connectivity index (χ1v) is 21.5. The molecule has 0 unspecified atom stereocenters. The van der Waals surface area contributed by atoms with Crippen molar-refractivity contribution in [2.24, 2.45) is 28.6 Å². The fourth-order valence-corrected chi connectivity index (χ4v) is 13.5. The van der Waals surface area contributed by atoms with Gasteiger partial charge in [0.1, 0.15) is 12.4 Å². The maximum absolute atomic E-state index is 13.6. The fourth-order valence-electron chi connectivity index (χ4n) is 9.71. The first-order valence-electron chi connectivity index (χ1n) is 17.5. The van der Waals surface area contributed by atoms with Gasteiger partial charge in [0, 0.05) is 24.2 Å². The van der Waals surface area contributed by atoms with Gasteiger partial charge in [-0.1, -0.05) is 59.2 Å². The van der Waals surface area contributed by atoms with Crippen LogP contribution in [0.15, 0.2) is 40.8 Å². The SMILES string of the molecule is CC[Si](CC)(CC)O[C@@H]1/C(=C\C=O)C[C@H](OC(=O)COS(=O)(=O)c2ccc(C)cc2)[C@]2(C)[C@H](C)CC[C@]3(CCC4(OCCO4)[C@H]32)[C@H]1C. The number of hydrogen-bond donors (Lipinski definition) is 0. The minimum atomic E-state index is -4.18. The summed E-state index contributed by atoms with van der Waals surface area (Å²) >= 11 is 0. The second kappa shape index (κ2) is 13.8. The second-order valence-electron chi connectivity index (χ2n) is 14.6.